The molecule has 0 saturated heterocycles. The number of carbonyl (C=O) groups is 2. The van der Waals surface area contributed by atoms with Gasteiger partial charge in [0.15, 0.2) is 6.61 Å². The van der Waals surface area contributed by atoms with Crippen LogP contribution in [0.2, 0.25) is 0 Å². The Kier molecular flexibility index (Phi) is 6.67. The van der Waals surface area contributed by atoms with Gasteiger partial charge in [-0.2, -0.15) is 0 Å². The summed E-state index contributed by atoms with van der Waals surface area (Å²) >= 11 is 3.14. The summed E-state index contributed by atoms with van der Waals surface area (Å²) in [6, 6.07) is 10.9. The fraction of sp³-hybridized carbons (Fsp3) is 0.176. The first-order valence-electron chi connectivity index (χ1n) is 7.42. The zero-order chi connectivity index (χ0) is 19.1. The zero-order valence-electron chi connectivity index (χ0n) is 13.7. The van der Waals surface area contributed by atoms with Crippen LogP contribution in [-0.2, 0) is 20.7 Å². The summed E-state index contributed by atoms with van der Waals surface area (Å²) in [7, 11) is 1.50. The van der Waals surface area contributed by atoms with Crippen molar-refractivity contribution in [1.82, 2.24) is 0 Å². The van der Waals surface area contributed by atoms with E-state index in [1.807, 2.05) is 0 Å². The third-order valence-corrected chi connectivity index (χ3v) is 3.99. The van der Waals surface area contributed by atoms with E-state index in [1.54, 1.807) is 24.3 Å². The molecule has 0 aliphatic carbocycles. The molecule has 2 aromatic rings. The Labute approximate surface area is 157 Å². The second kappa shape index (κ2) is 8.95. The first-order valence-corrected chi connectivity index (χ1v) is 8.21. The van der Waals surface area contributed by atoms with Crippen LogP contribution in [0.1, 0.15) is 5.56 Å². The van der Waals surface area contributed by atoms with Crippen molar-refractivity contribution in [2.45, 2.75) is 6.42 Å². The highest BCUT2D eigenvalue weighted by Gasteiger charge is 2.14. The summed E-state index contributed by atoms with van der Waals surface area (Å²) in [5.74, 6) is -0.580. The van der Waals surface area contributed by atoms with Gasteiger partial charge in [0.2, 0.25) is 0 Å². The van der Waals surface area contributed by atoms with E-state index in [0.29, 0.717) is 21.5 Å². The molecular formula is C17H15BrN2O6. The van der Waals surface area contributed by atoms with E-state index in [9.17, 15) is 19.7 Å². The molecule has 1 N–H and O–H groups in total. The number of non-ortho nitro benzene ring substituents is 1. The van der Waals surface area contributed by atoms with E-state index in [2.05, 4.69) is 21.2 Å². The fourth-order valence-corrected chi connectivity index (χ4v) is 2.57. The van der Waals surface area contributed by atoms with Crippen LogP contribution in [0.3, 0.4) is 0 Å². The Morgan fingerprint density at radius 3 is 2.62 bits per heavy atom. The maximum Gasteiger partial charge on any atom is 0.310 e. The van der Waals surface area contributed by atoms with Crippen LogP contribution in [0.4, 0.5) is 11.4 Å². The van der Waals surface area contributed by atoms with Crippen LogP contribution in [0.5, 0.6) is 5.75 Å². The Morgan fingerprint density at radius 1 is 1.23 bits per heavy atom. The normalized spacial score (nSPS) is 10.1. The maximum atomic E-state index is 11.9. The number of methoxy groups -OCH3 is 1. The number of nitrogens with one attached hydrogen (secondary N) is 1. The second-order valence-electron chi connectivity index (χ2n) is 5.12. The van der Waals surface area contributed by atoms with Crippen LogP contribution < -0.4 is 10.1 Å². The van der Waals surface area contributed by atoms with Gasteiger partial charge in [-0.1, -0.05) is 18.2 Å². The Morgan fingerprint density at radius 2 is 1.96 bits per heavy atom. The third kappa shape index (κ3) is 5.28. The molecule has 26 heavy (non-hydrogen) atoms. The Balaban J connectivity index is 1.88. The molecule has 0 spiro atoms. The van der Waals surface area contributed by atoms with Crippen molar-refractivity contribution in [2.24, 2.45) is 0 Å². The molecule has 0 aliphatic heterocycles. The average Bonchev–Trinajstić information content (AvgIpc) is 2.62. The topological polar surface area (TPSA) is 108 Å². The lowest BCUT2D eigenvalue weighted by atomic mass is 10.1. The minimum Gasteiger partial charge on any atom is -0.496 e. The molecule has 0 fully saturated rings. The highest BCUT2D eigenvalue weighted by molar-refractivity contribution is 9.10. The zero-order valence-corrected chi connectivity index (χ0v) is 15.3. The minimum absolute atomic E-state index is 0.0292. The number of nitro benzene ring substituents is 1. The van der Waals surface area contributed by atoms with Gasteiger partial charge >= 0.3 is 5.97 Å². The largest absolute Gasteiger partial charge is 0.496 e. The maximum absolute atomic E-state index is 11.9. The number of carbonyl (C=O) groups excluding carboxylic acids is 2. The highest BCUT2D eigenvalue weighted by Crippen LogP contribution is 2.27. The van der Waals surface area contributed by atoms with Gasteiger partial charge in [-0.15, -0.1) is 0 Å². The number of ether oxygens (including phenoxy) is 2. The van der Waals surface area contributed by atoms with Crippen molar-refractivity contribution >= 4 is 39.2 Å². The van der Waals surface area contributed by atoms with Crippen molar-refractivity contribution in [3.8, 4) is 5.75 Å². The van der Waals surface area contributed by atoms with Gasteiger partial charge in [0, 0.05) is 22.2 Å². The number of hydrogen-bond donors (Lipinski definition) is 1. The number of anilines is 1. The SMILES string of the molecule is COc1ccccc1CC(=O)OCC(=O)Nc1ccc([N+](=O)[O-])cc1Br. The predicted molar refractivity (Wildman–Crippen MR) is 97.1 cm³/mol. The van der Waals surface area contributed by atoms with E-state index >= 15 is 0 Å². The molecule has 0 atom stereocenters. The molecular weight excluding hydrogens is 408 g/mol. The van der Waals surface area contributed by atoms with E-state index in [0.717, 1.165) is 0 Å². The van der Waals surface area contributed by atoms with Crippen LogP contribution in [0.15, 0.2) is 46.9 Å². The molecule has 8 nitrogen and oxygen atoms in total. The lowest BCUT2D eigenvalue weighted by Gasteiger charge is -2.09. The summed E-state index contributed by atoms with van der Waals surface area (Å²) in [6.07, 6.45) is -0.0292. The molecule has 0 aromatic heterocycles. The lowest BCUT2D eigenvalue weighted by molar-refractivity contribution is -0.384. The van der Waals surface area contributed by atoms with Gasteiger partial charge in [-0.3, -0.25) is 19.7 Å². The molecule has 2 rings (SSSR count). The summed E-state index contributed by atoms with van der Waals surface area (Å²) < 4.78 is 10.4. The summed E-state index contributed by atoms with van der Waals surface area (Å²) in [4.78, 5) is 33.9. The standard InChI is InChI=1S/C17H15BrN2O6/c1-25-15-5-3-2-4-11(15)8-17(22)26-10-16(21)19-14-7-6-12(20(23)24)9-13(14)18/h2-7,9H,8,10H2,1H3,(H,19,21). The quantitative estimate of drug-likeness (QED) is 0.417. The number of nitro groups is 1. The first-order chi connectivity index (χ1) is 12.4. The lowest BCUT2D eigenvalue weighted by Crippen LogP contribution is -2.22. The van der Waals surface area contributed by atoms with E-state index < -0.39 is 23.4 Å². The number of halogens is 1. The van der Waals surface area contributed by atoms with Crippen LogP contribution in [-0.4, -0.2) is 30.5 Å². The minimum atomic E-state index is -0.576. The molecule has 0 radical (unpaired) electrons. The van der Waals surface area contributed by atoms with Gasteiger partial charge in [0.25, 0.3) is 11.6 Å². The number of para-hydroxylation sites is 1. The Bertz CT molecular complexity index is 840. The predicted octanol–water partition coefficient (Wildman–Crippen LogP) is 3.09. The van der Waals surface area contributed by atoms with Crippen LogP contribution in [0, 0.1) is 10.1 Å². The van der Waals surface area contributed by atoms with Gasteiger partial charge < -0.3 is 14.8 Å². The second-order valence-corrected chi connectivity index (χ2v) is 5.97. The summed E-state index contributed by atoms with van der Waals surface area (Å²) in [5, 5.41) is 13.2. The third-order valence-electron chi connectivity index (χ3n) is 3.33. The molecule has 2 aromatic carbocycles. The Hall–Kier alpha value is -2.94. The molecule has 0 bridgehead atoms. The average molecular weight is 423 g/mol. The number of nitrogens with zero attached hydrogens (tertiary/aromatic N) is 1. The van der Waals surface area contributed by atoms with Gasteiger partial charge in [-0.25, -0.2) is 0 Å². The number of rotatable bonds is 7. The summed E-state index contributed by atoms with van der Waals surface area (Å²) in [6.45, 7) is -0.475. The number of benzene rings is 2. The first kappa shape index (κ1) is 19.4. The van der Waals surface area contributed by atoms with Crippen molar-refractivity contribution in [3.63, 3.8) is 0 Å². The molecule has 9 heteroatoms. The van der Waals surface area contributed by atoms with Crippen molar-refractivity contribution in [2.75, 3.05) is 19.0 Å². The number of esters is 1. The van der Waals surface area contributed by atoms with Crippen molar-refractivity contribution in [1.29, 1.82) is 0 Å². The molecule has 136 valence electrons. The van der Waals surface area contributed by atoms with E-state index in [-0.39, 0.29) is 12.1 Å². The molecule has 0 saturated carbocycles. The number of amides is 1. The molecule has 0 unspecified atom stereocenters. The van der Waals surface area contributed by atoms with Gasteiger partial charge in [0.1, 0.15) is 5.75 Å². The van der Waals surface area contributed by atoms with Crippen LogP contribution in [0.25, 0.3) is 0 Å². The van der Waals surface area contributed by atoms with E-state index in [1.165, 1.54) is 25.3 Å². The smallest absolute Gasteiger partial charge is 0.310 e. The van der Waals surface area contributed by atoms with Gasteiger partial charge in [-0.05, 0) is 28.1 Å². The van der Waals surface area contributed by atoms with Crippen molar-refractivity contribution < 1.29 is 24.0 Å². The van der Waals surface area contributed by atoms with Crippen molar-refractivity contribution in [3.05, 3.63) is 62.6 Å². The fourth-order valence-electron chi connectivity index (χ4n) is 2.11. The van der Waals surface area contributed by atoms with Gasteiger partial charge in [0.05, 0.1) is 24.1 Å². The number of hydrogen-bond acceptors (Lipinski definition) is 6. The summed E-state index contributed by atoms with van der Waals surface area (Å²) in [5.41, 5.74) is 0.873. The highest BCUT2D eigenvalue weighted by atomic mass is 79.9. The molecule has 1 amide bonds. The van der Waals surface area contributed by atoms with E-state index in [4.69, 9.17) is 9.47 Å². The van der Waals surface area contributed by atoms with Crippen LogP contribution >= 0.6 is 15.9 Å². The molecule has 0 heterocycles. The molecule has 0 aliphatic rings. The monoisotopic (exact) mass is 422 g/mol.